The zero-order valence-electron chi connectivity index (χ0n) is 20.6. The highest BCUT2D eigenvalue weighted by molar-refractivity contribution is 6.43. The Hall–Kier alpha value is -2.59. The number of carbonyl (C=O) groups is 3. The topological polar surface area (TPSA) is 128 Å². The van der Waals surface area contributed by atoms with Crippen LogP contribution in [0.25, 0.3) is 0 Å². The van der Waals surface area contributed by atoms with Gasteiger partial charge in [0.1, 0.15) is 18.7 Å². The standard InChI is InChI=1S/C24H38BN3O6/c1-16(2)13-19(27-24(31)34-15-18-9-6-5-7-10-18)22(29)26-20(14-17(3)4)23(30)28-12-8-11-21(28)25(32)33/h5-7,9-10,16-17,19-21,32-33H,8,11-15H2,1-4H3,(H,26,29)(H,27,31)/t19-,20-,21+/m0/s1. The van der Waals surface area contributed by atoms with Gasteiger partial charge in [0, 0.05) is 6.54 Å². The van der Waals surface area contributed by atoms with Crippen molar-refractivity contribution in [1.29, 1.82) is 0 Å². The number of benzene rings is 1. The number of rotatable bonds is 11. The number of alkyl carbamates (subject to hydrolysis) is 1. The van der Waals surface area contributed by atoms with Gasteiger partial charge in [-0.2, -0.15) is 0 Å². The number of carbonyl (C=O) groups excluding carboxylic acids is 3. The molecule has 1 aromatic carbocycles. The van der Waals surface area contributed by atoms with E-state index in [1.165, 1.54) is 4.90 Å². The van der Waals surface area contributed by atoms with E-state index in [-0.39, 0.29) is 24.3 Å². The van der Waals surface area contributed by atoms with Crippen LogP contribution >= 0.6 is 0 Å². The lowest BCUT2D eigenvalue weighted by atomic mass is 9.77. The summed E-state index contributed by atoms with van der Waals surface area (Å²) in [6.07, 6.45) is 1.22. The first-order chi connectivity index (χ1) is 16.1. The van der Waals surface area contributed by atoms with Crippen LogP contribution in [0.5, 0.6) is 0 Å². The van der Waals surface area contributed by atoms with Crippen molar-refractivity contribution in [3.8, 4) is 0 Å². The third-order valence-corrected chi connectivity index (χ3v) is 5.78. The molecule has 1 saturated heterocycles. The average molecular weight is 475 g/mol. The Morgan fingerprint density at radius 3 is 2.24 bits per heavy atom. The summed E-state index contributed by atoms with van der Waals surface area (Å²) in [7, 11) is -1.63. The van der Waals surface area contributed by atoms with E-state index in [0.29, 0.717) is 32.2 Å². The molecule has 10 heteroatoms. The molecule has 0 spiro atoms. The van der Waals surface area contributed by atoms with E-state index in [9.17, 15) is 24.4 Å². The minimum atomic E-state index is -1.63. The minimum Gasteiger partial charge on any atom is -0.445 e. The summed E-state index contributed by atoms with van der Waals surface area (Å²) < 4.78 is 5.27. The summed E-state index contributed by atoms with van der Waals surface area (Å²) in [5.41, 5.74) is 0.830. The van der Waals surface area contributed by atoms with E-state index in [1.54, 1.807) is 0 Å². The van der Waals surface area contributed by atoms with Crippen LogP contribution in [0.1, 0.15) is 58.9 Å². The van der Waals surface area contributed by atoms with Crippen molar-refractivity contribution < 1.29 is 29.2 Å². The first-order valence-electron chi connectivity index (χ1n) is 12.0. The molecule has 3 atom stereocenters. The van der Waals surface area contributed by atoms with Crippen molar-refractivity contribution in [2.45, 2.75) is 78.0 Å². The zero-order valence-corrected chi connectivity index (χ0v) is 20.6. The number of likely N-dealkylation sites (tertiary alicyclic amines) is 1. The van der Waals surface area contributed by atoms with Gasteiger partial charge in [0.25, 0.3) is 0 Å². The van der Waals surface area contributed by atoms with Crippen molar-refractivity contribution in [3.05, 3.63) is 35.9 Å². The molecular weight excluding hydrogens is 437 g/mol. The fourth-order valence-corrected chi connectivity index (χ4v) is 4.15. The van der Waals surface area contributed by atoms with E-state index in [2.05, 4.69) is 10.6 Å². The molecule has 2 rings (SSSR count). The van der Waals surface area contributed by atoms with Gasteiger partial charge in [0.15, 0.2) is 0 Å². The Balaban J connectivity index is 2.06. The largest absolute Gasteiger partial charge is 0.475 e. The molecule has 0 aliphatic carbocycles. The fourth-order valence-electron chi connectivity index (χ4n) is 4.15. The lowest BCUT2D eigenvalue weighted by Gasteiger charge is -2.31. The lowest BCUT2D eigenvalue weighted by Crippen LogP contribution is -2.57. The molecule has 1 aliphatic rings. The average Bonchev–Trinajstić information content (AvgIpc) is 3.26. The molecule has 4 N–H and O–H groups in total. The molecule has 188 valence electrons. The van der Waals surface area contributed by atoms with E-state index in [4.69, 9.17) is 4.74 Å². The predicted molar refractivity (Wildman–Crippen MR) is 129 cm³/mol. The van der Waals surface area contributed by atoms with Crippen LogP contribution in [0.4, 0.5) is 4.79 Å². The molecule has 0 aromatic heterocycles. The predicted octanol–water partition coefficient (Wildman–Crippen LogP) is 1.86. The number of nitrogens with zero attached hydrogens (tertiary/aromatic N) is 1. The first kappa shape index (κ1) is 27.7. The minimum absolute atomic E-state index is 0.0803. The summed E-state index contributed by atoms with van der Waals surface area (Å²) in [4.78, 5) is 40.2. The fraction of sp³-hybridized carbons (Fsp3) is 0.625. The van der Waals surface area contributed by atoms with Crippen molar-refractivity contribution in [2.24, 2.45) is 11.8 Å². The van der Waals surface area contributed by atoms with Crippen LogP contribution in [-0.2, 0) is 20.9 Å². The zero-order chi connectivity index (χ0) is 25.3. The second-order valence-electron chi connectivity index (χ2n) is 9.73. The second-order valence-corrected chi connectivity index (χ2v) is 9.73. The molecule has 1 aliphatic heterocycles. The number of ether oxygens (including phenoxy) is 1. The maximum Gasteiger partial charge on any atom is 0.475 e. The summed E-state index contributed by atoms with van der Waals surface area (Å²) >= 11 is 0. The quantitative estimate of drug-likeness (QED) is 0.362. The Morgan fingerprint density at radius 2 is 1.65 bits per heavy atom. The highest BCUT2D eigenvalue weighted by Crippen LogP contribution is 2.21. The molecule has 0 unspecified atom stereocenters. The smallest absolute Gasteiger partial charge is 0.445 e. The van der Waals surface area contributed by atoms with Gasteiger partial charge in [0.2, 0.25) is 11.8 Å². The molecule has 1 aromatic rings. The molecular formula is C24H38BN3O6. The van der Waals surface area contributed by atoms with Crippen LogP contribution in [0.3, 0.4) is 0 Å². The van der Waals surface area contributed by atoms with Crippen molar-refractivity contribution in [2.75, 3.05) is 6.54 Å². The molecule has 34 heavy (non-hydrogen) atoms. The van der Waals surface area contributed by atoms with Gasteiger partial charge in [-0.1, -0.05) is 58.0 Å². The van der Waals surface area contributed by atoms with Gasteiger partial charge in [-0.25, -0.2) is 4.79 Å². The molecule has 0 bridgehead atoms. The van der Waals surface area contributed by atoms with Crippen molar-refractivity contribution in [3.63, 3.8) is 0 Å². The maximum atomic E-state index is 13.2. The Labute approximate surface area is 202 Å². The van der Waals surface area contributed by atoms with Crippen molar-refractivity contribution >= 4 is 25.0 Å². The van der Waals surface area contributed by atoms with Crippen LogP contribution in [0, 0.1) is 11.8 Å². The van der Waals surface area contributed by atoms with Gasteiger partial charge in [0.05, 0.1) is 5.94 Å². The maximum absolute atomic E-state index is 13.2. The molecule has 3 amide bonds. The molecule has 0 radical (unpaired) electrons. The first-order valence-corrected chi connectivity index (χ1v) is 12.0. The highest BCUT2D eigenvalue weighted by Gasteiger charge is 2.40. The summed E-state index contributed by atoms with van der Waals surface area (Å²) in [6, 6.07) is 7.53. The third-order valence-electron chi connectivity index (χ3n) is 5.78. The van der Waals surface area contributed by atoms with Gasteiger partial charge in [-0.15, -0.1) is 0 Å². The summed E-state index contributed by atoms with van der Waals surface area (Å²) in [5.74, 6) is -1.27. The lowest BCUT2D eigenvalue weighted by molar-refractivity contribution is -0.137. The molecule has 9 nitrogen and oxygen atoms in total. The number of hydrogen-bond acceptors (Lipinski definition) is 6. The van der Waals surface area contributed by atoms with Crippen LogP contribution in [0.2, 0.25) is 0 Å². The molecule has 0 saturated carbocycles. The Morgan fingerprint density at radius 1 is 1.03 bits per heavy atom. The number of nitrogens with one attached hydrogen (secondary N) is 2. The van der Waals surface area contributed by atoms with E-state index < -0.39 is 37.1 Å². The number of hydrogen-bond donors (Lipinski definition) is 4. The van der Waals surface area contributed by atoms with Gasteiger partial charge in [-0.3, -0.25) is 9.59 Å². The third kappa shape index (κ3) is 8.64. The second kappa shape index (κ2) is 13.3. The van der Waals surface area contributed by atoms with Gasteiger partial charge >= 0.3 is 13.2 Å². The monoisotopic (exact) mass is 475 g/mol. The Bertz CT molecular complexity index is 805. The van der Waals surface area contributed by atoms with Crippen LogP contribution in [0.15, 0.2) is 30.3 Å². The molecule has 1 heterocycles. The molecule has 1 fully saturated rings. The normalized spacial score (nSPS) is 17.4. The summed E-state index contributed by atoms with van der Waals surface area (Å²) in [6.45, 7) is 8.25. The van der Waals surface area contributed by atoms with E-state index >= 15 is 0 Å². The highest BCUT2D eigenvalue weighted by atomic mass is 16.5. The Kier molecular flexibility index (Phi) is 10.9. The van der Waals surface area contributed by atoms with Crippen LogP contribution < -0.4 is 10.6 Å². The number of amides is 3. The van der Waals surface area contributed by atoms with Gasteiger partial charge < -0.3 is 30.3 Å². The van der Waals surface area contributed by atoms with Crippen molar-refractivity contribution in [1.82, 2.24) is 15.5 Å². The van der Waals surface area contributed by atoms with E-state index in [1.807, 2.05) is 58.0 Å². The summed E-state index contributed by atoms with van der Waals surface area (Å²) in [5, 5.41) is 24.7. The van der Waals surface area contributed by atoms with E-state index in [0.717, 1.165) is 5.56 Å². The van der Waals surface area contributed by atoms with Gasteiger partial charge in [-0.05, 0) is 43.1 Å². The SMILES string of the molecule is CC(C)C[C@H](NC(=O)OCc1ccccc1)C(=O)N[C@@H](CC(C)C)C(=O)N1CCC[C@@H]1B(O)O. The van der Waals surface area contributed by atoms with Crippen LogP contribution in [-0.4, -0.2) is 64.5 Å².